The molecule has 3 nitrogen and oxygen atoms in total. The highest BCUT2D eigenvalue weighted by Crippen LogP contribution is 2.46. The van der Waals surface area contributed by atoms with Crippen molar-refractivity contribution in [2.45, 2.75) is 51.0 Å². The quantitative estimate of drug-likeness (QED) is 0.439. The zero-order valence-electron chi connectivity index (χ0n) is 12.9. The van der Waals surface area contributed by atoms with Gasteiger partial charge in [0.2, 0.25) is 0 Å². The number of nitrogens with zero attached hydrogens (tertiary/aromatic N) is 1. The molecule has 1 fully saturated rings. The fourth-order valence-corrected chi connectivity index (χ4v) is 3.00. The normalized spacial score (nSPS) is 17.6. The number of nitrogens with two attached hydrogens (primary N) is 1. The summed E-state index contributed by atoms with van der Waals surface area (Å²) in [6.45, 7) is 6.92. The molecule has 0 aliphatic heterocycles. The fraction of sp³-hybridized carbons (Fsp3) is 0.562. The Labute approximate surface area is 149 Å². The molecule has 0 aromatic heterocycles. The Bertz CT molecular complexity index is 504. The van der Waals surface area contributed by atoms with Crippen molar-refractivity contribution < 1.29 is 0 Å². The van der Waals surface area contributed by atoms with Gasteiger partial charge in [-0.3, -0.25) is 4.99 Å². The van der Waals surface area contributed by atoms with Gasteiger partial charge in [-0.25, -0.2) is 0 Å². The highest BCUT2D eigenvalue weighted by Gasteiger charge is 2.39. The van der Waals surface area contributed by atoms with Gasteiger partial charge in [-0.2, -0.15) is 0 Å². The molecule has 0 spiro atoms. The average molecular weight is 422 g/mol. The van der Waals surface area contributed by atoms with Crippen molar-refractivity contribution in [3.8, 4) is 0 Å². The Kier molecular flexibility index (Phi) is 6.35. The highest BCUT2D eigenvalue weighted by molar-refractivity contribution is 14.0. The number of benzene rings is 1. The second kappa shape index (κ2) is 7.18. The number of halogens is 2. The van der Waals surface area contributed by atoms with Crippen LogP contribution in [0.15, 0.2) is 29.3 Å². The maximum Gasteiger partial charge on any atom is 0.189 e. The third-order valence-electron chi connectivity index (χ3n) is 3.81. The van der Waals surface area contributed by atoms with Crippen molar-refractivity contribution in [1.29, 1.82) is 0 Å². The van der Waals surface area contributed by atoms with E-state index in [1.165, 1.54) is 12.0 Å². The van der Waals surface area contributed by atoms with Gasteiger partial charge in [-0.15, -0.1) is 24.0 Å². The predicted octanol–water partition coefficient (Wildman–Crippen LogP) is 4.08. The van der Waals surface area contributed by atoms with E-state index in [0.717, 1.165) is 17.9 Å². The largest absolute Gasteiger partial charge is 0.370 e. The minimum atomic E-state index is -0.0647. The van der Waals surface area contributed by atoms with Crippen molar-refractivity contribution in [3.63, 3.8) is 0 Å². The minimum absolute atomic E-state index is 0. The lowest BCUT2D eigenvalue weighted by Crippen LogP contribution is -2.46. The molecule has 21 heavy (non-hydrogen) atoms. The molecule has 1 aromatic rings. The van der Waals surface area contributed by atoms with E-state index < -0.39 is 0 Å². The molecule has 1 aliphatic rings. The van der Waals surface area contributed by atoms with Crippen molar-refractivity contribution in [1.82, 2.24) is 5.32 Å². The number of hydrogen-bond donors (Lipinski definition) is 2. The van der Waals surface area contributed by atoms with E-state index in [9.17, 15) is 0 Å². The number of aliphatic imine (C=N–C) groups is 1. The second-order valence-corrected chi connectivity index (χ2v) is 7.10. The Hall–Kier alpha value is -0.490. The smallest absolute Gasteiger partial charge is 0.189 e. The zero-order chi connectivity index (χ0) is 14.8. The Morgan fingerprint density at radius 3 is 2.43 bits per heavy atom. The first-order valence-corrected chi connectivity index (χ1v) is 7.53. The molecule has 0 heterocycles. The van der Waals surface area contributed by atoms with Crippen molar-refractivity contribution >= 4 is 41.5 Å². The lowest BCUT2D eigenvalue weighted by Gasteiger charge is -2.42. The van der Waals surface area contributed by atoms with Gasteiger partial charge in [-0.1, -0.05) is 36.2 Å². The van der Waals surface area contributed by atoms with Crippen LogP contribution in [0.1, 0.15) is 45.6 Å². The van der Waals surface area contributed by atoms with Crippen molar-refractivity contribution in [2.24, 2.45) is 10.7 Å². The first-order chi connectivity index (χ1) is 9.32. The summed E-state index contributed by atoms with van der Waals surface area (Å²) in [6, 6.07) is 8.08. The first kappa shape index (κ1) is 18.6. The molecule has 5 heteroatoms. The van der Waals surface area contributed by atoms with E-state index >= 15 is 0 Å². The summed E-state index contributed by atoms with van der Waals surface area (Å²) in [6.07, 6.45) is 3.49. The Balaban J connectivity index is 0.00000220. The van der Waals surface area contributed by atoms with Gasteiger partial charge < -0.3 is 11.1 Å². The Morgan fingerprint density at radius 1 is 1.33 bits per heavy atom. The van der Waals surface area contributed by atoms with E-state index in [2.05, 4.69) is 37.1 Å². The molecular formula is C16H25ClIN3. The lowest BCUT2D eigenvalue weighted by atomic mass is 9.64. The van der Waals surface area contributed by atoms with Crippen LogP contribution in [0.2, 0.25) is 5.02 Å². The molecule has 3 N–H and O–H groups in total. The molecule has 0 radical (unpaired) electrons. The SMILES string of the molecule is CC(C)(C)NC(N)=NCC1(c2ccccc2Cl)CCC1.I. The van der Waals surface area contributed by atoms with Gasteiger partial charge >= 0.3 is 0 Å². The summed E-state index contributed by atoms with van der Waals surface area (Å²) in [4.78, 5) is 4.55. The van der Waals surface area contributed by atoms with E-state index in [0.29, 0.717) is 12.5 Å². The topological polar surface area (TPSA) is 50.4 Å². The third-order valence-corrected chi connectivity index (χ3v) is 4.14. The maximum absolute atomic E-state index is 6.35. The van der Waals surface area contributed by atoms with Gasteiger partial charge in [0.15, 0.2) is 5.96 Å². The van der Waals surface area contributed by atoms with Crippen LogP contribution in [0.3, 0.4) is 0 Å². The van der Waals surface area contributed by atoms with Crippen LogP contribution >= 0.6 is 35.6 Å². The molecule has 0 atom stereocenters. The predicted molar refractivity (Wildman–Crippen MR) is 102 cm³/mol. The van der Waals surface area contributed by atoms with Crippen molar-refractivity contribution in [3.05, 3.63) is 34.9 Å². The fourth-order valence-electron chi connectivity index (χ4n) is 2.67. The average Bonchev–Trinajstić information content (AvgIpc) is 2.27. The molecule has 0 saturated heterocycles. The molecule has 1 aromatic carbocycles. The molecule has 0 unspecified atom stereocenters. The summed E-state index contributed by atoms with van der Waals surface area (Å²) in [5, 5.41) is 4.04. The van der Waals surface area contributed by atoms with E-state index in [4.69, 9.17) is 17.3 Å². The van der Waals surface area contributed by atoms with Gasteiger partial charge in [0.1, 0.15) is 0 Å². The summed E-state index contributed by atoms with van der Waals surface area (Å²) >= 11 is 6.35. The number of rotatable bonds is 3. The third kappa shape index (κ3) is 4.74. The standard InChI is InChI=1S/C16H24ClN3.HI/c1-15(2,3)20-14(18)19-11-16(9-6-10-16)12-7-4-5-8-13(12)17;/h4-5,7-8H,6,9-11H2,1-3H3,(H3,18,19,20);1H. The molecule has 1 aliphatic carbocycles. The summed E-state index contributed by atoms with van der Waals surface area (Å²) in [7, 11) is 0. The van der Waals surface area contributed by atoms with Crippen LogP contribution in [0.4, 0.5) is 0 Å². The second-order valence-electron chi connectivity index (χ2n) is 6.69. The molecular weight excluding hydrogens is 397 g/mol. The van der Waals surface area contributed by atoms with Crippen LogP contribution in [-0.2, 0) is 5.41 Å². The summed E-state index contributed by atoms with van der Waals surface area (Å²) < 4.78 is 0. The molecule has 2 rings (SSSR count). The molecule has 118 valence electrons. The lowest BCUT2D eigenvalue weighted by molar-refractivity contribution is 0.253. The number of nitrogens with one attached hydrogen (secondary N) is 1. The van der Waals surface area contributed by atoms with E-state index in [-0.39, 0.29) is 34.9 Å². The van der Waals surface area contributed by atoms with Crippen LogP contribution in [0.5, 0.6) is 0 Å². The van der Waals surface area contributed by atoms with Crippen LogP contribution in [-0.4, -0.2) is 18.0 Å². The van der Waals surface area contributed by atoms with E-state index in [1.807, 2.05) is 18.2 Å². The van der Waals surface area contributed by atoms with E-state index in [1.54, 1.807) is 0 Å². The minimum Gasteiger partial charge on any atom is -0.370 e. The summed E-state index contributed by atoms with van der Waals surface area (Å²) in [5.41, 5.74) is 7.18. The molecule has 1 saturated carbocycles. The maximum atomic E-state index is 6.35. The van der Waals surface area contributed by atoms with Gasteiger partial charge in [0.05, 0.1) is 6.54 Å². The summed E-state index contributed by atoms with van der Waals surface area (Å²) in [5.74, 6) is 0.510. The molecule has 0 bridgehead atoms. The number of guanidine groups is 1. The van der Waals surface area contributed by atoms with Crippen molar-refractivity contribution in [2.75, 3.05) is 6.54 Å². The first-order valence-electron chi connectivity index (χ1n) is 7.16. The van der Waals surface area contributed by atoms with Crippen LogP contribution in [0, 0.1) is 0 Å². The Morgan fingerprint density at radius 2 is 1.95 bits per heavy atom. The number of hydrogen-bond acceptors (Lipinski definition) is 1. The molecule has 0 amide bonds. The van der Waals surface area contributed by atoms with Crippen LogP contribution < -0.4 is 11.1 Å². The van der Waals surface area contributed by atoms with Crippen LogP contribution in [0.25, 0.3) is 0 Å². The van der Waals surface area contributed by atoms with Gasteiger partial charge in [0, 0.05) is 16.0 Å². The van der Waals surface area contributed by atoms with Gasteiger partial charge in [-0.05, 0) is 45.2 Å². The van der Waals surface area contributed by atoms with Gasteiger partial charge in [0.25, 0.3) is 0 Å². The highest BCUT2D eigenvalue weighted by atomic mass is 127. The zero-order valence-corrected chi connectivity index (χ0v) is 16.0. The monoisotopic (exact) mass is 421 g/mol.